The molecule has 7 nitrogen and oxygen atoms in total. The second-order valence-electron chi connectivity index (χ2n) is 6.42. The molecule has 0 radical (unpaired) electrons. The standard InChI is InChI=1S/C18H21ClN4O3/c19-14-6-7-16(23-12-20-11-21-23)15(9-14)22-17(24)10-26-18(25)8-13-4-2-1-3-5-13/h6-7,9,11-13H,1-5,8,10H2,(H,22,24). The van der Waals surface area contributed by atoms with Crippen molar-refractivity contribution in [3.8, 4) is 5.69 Å². The van der Waals surface area contributed by atoms with Crippen molar-refractivity contribution in [1.29, 1.82) is 0 Å². The van der Waals surface area contributed by atoms with Crippen molar-refractivity contribution in [2.45, 2.75) is 38.5 Å². The molecule has 1 aromatic heterocycles. The third kappa shape index (κ3) is 5.05. The van der Waals surface area contributed by atoms with Crippen molar-refractivity contribution < 1.29 is 14.3 Å². The van der Waals surface area contributed by atoms with Gasteiger partial charge in [-0.15, -0.1) is 0 Å². The molecule has 2 aromatic rings. The first-order chi connectivity index (χ1) is 12.6. The molecule has 1 aliphatic carbocycles. The Morgan fingerprint density at radius 3 is 2.81 bits per heavy atom. The van der Waals surface area contributed by atoms with Crippen LogP contribution in [0.25, 0.3) is 5.69 Å². The highest BCUT2D eigenvalue weighted by molar-refractivity contribution is 6.31. The summed E-state index contributed by atoms with van der Waals surface area (Å²) in [5, 5.41) is 7.23. The summed E-state index contributed by atoms with van der Waals surface area (Å²) in [5.74, 6) is -0.369. The summed E-state index contributed by atoms with van der Waals surface area (Å²) >= 11 is 6.02. The van der Waals surface area contributed by atoms with Gasteiger partial charge in [0.15, 0.2) is 6.61 Å². The molecule has 1 aliphatic rings. The van der Waals surface area contributed by atoms with Crippen molar-refractivity contribution in [3.05, 3.63) is 35.9 Å². The number of benzene rings is 1. The molecule has 1 fully saturated rings. The van der Waals surface area contributed by atoms with Crippen molar-refractivity contribution >= 4 is 29.2 Å². The fourth-order valence-electron chi connectivity index (χ4n) is 3.16. The molecule has 0 unspecified atom stereocenters. The van der Waals surface area contributed by atoms with Crippen LogP contribution in [0.15, 0.2) is 30.9 Å². The van der Waals surface area contributed by atoms with E-state index in [0.717, 1.165) is 25.7 Å². The Morgan fingerprint density at radius 1 is 1.27 bits per heavy atom. The number of aromatic nitrogens is 3. The van der Waals surface area contributed by atoms with Crippen LogP contribution in [-0.4, -0.2) is 33.2 Å². The zero-order valence-corrected chi connectivity index (χ0v) is 15.1. The minimum absolute atomic E-state index is 0.324. The Kier molecular flexibility index (Phi) is 6.22. The first-order valence-corrected chi connectivity index (χ1v) is 9.09. The molecule has 0 aliphatic heterocycles. The summed E-state index contributed by atoms with van der Waals surface area (Å²) in [6.07, 6.45) is 8.99. The molecule has 1 amide bonds. The summed E-state index contributed by atoms with van der Waals surface area (Å²) < 4.78 is 6.64. The zero-order chi connectivity index (χ0) is 18.4. The molecule has 1 aromatic carbocycles. The van der Waals surface area contributed by atoms with Gasteiger partial charge in [0.1, 0.15) is 12.7 Å². The number of nitrogens with zero attached hydrogens (tertiary/aromatic N) is 3. The lowest BCUT2D eigenvalue weighted by Gasteiger charge is -2.20. The van der Waals surface area contributed by atoms with Crippen LogP contribution in [0, 0.1) is 5.92 Å². The fourth-order valence-corrected chi connectivity index (χ4v) is 3.33. The molecule has 26 heavy (non-hydrogen) atoms. The third-order valence-electron chi connectivity index (χ3n) is 4.44. The lowest BCUT2D eigenvalue weighted by molar-refractivity contribution is -0.148. The predicted octanol–water partition coefficient (Wildman–Crippen LogP) is 3.37. The largest absolute Gasteiger partial charge is 0.456 e. The van der Waals surface area contributed by atoms with Crippen LogP contribution < -0.4 is 5.32 Å². The fraction of sp³-hybridized carbons (Fsp3) is 0.444. The van der Waals surface area contributed by atoms with Gasteiger partial charge in [0.05, 0.1) is 11.4 Å². The number of carbonyl (C=O) groups excluding carboxylic acids is 2. The molecule has 1 saturated carbocycles. The zero-order valence-electron chi connectivity index (χ0n) is 14.4. The maximum Gasteiger partial charge on any atom is 0.306 e. The number of rotatable bonds is 6. The van der Waals surface area contributed by atoms with Crippen LogP contribution in [0.5, 0.6) is 0 Å². The third-order valence-corrected chi connectivity index (χ3v) is 4.68. The van der Waals surface area contributed by atoms with Gasteiger partial charge in [-0.2, -0.15) is 5.10 Å². The van der Waals surface area contributed by atoms with Gasteiger partial charge in [-0.3, -0.25) is 9.59 Å². The van der Waals surface area contributed by atoms with Crippen molar-refractivity contribution in [3.63, 3.8) is 0 Å². The second kappa shape index (κ2) is 8.80. The van der Waals surface area contributed by atoms with E-state index in [1.165, 1.54) is 23.8 Å². The van der Waals surface area contributed by atoms with Crippen LogP contribution >= 0.6 is 11.6 Å². The summed E-state index contributed by atoms with van der Waals surface area (Å²) in [4.78, 5) is 28.0. The lowest BCUT2D eigenvalue weighted by Crippen LogP contribution is -2.23. The molecule has 1 heterocycles. The van der Waals surface area contributed by atoms with Gasteiger partial charge in [-0.1, -0.05) is 30.9 Å². The molecule has 0 saturated heterocycles. The molecule has 138 valence electrons. The van der Waals surface area contributed by atoms with Crippen LogP contribution in [0.1, 0.15) is 38.5 Å². The predicted molar refractivity (Wildman–Crippen MR) is 97.1 cm³/mol. The van der Waals surface area contributed by atoms with Gasteiger partial charge in [-0.05, 0) is 37.0 Å². The highest BCUT2D eigenvalue weighted by atomic mass is 35.5. The van der Waals surface area contributed by atoms with E-state index in [1.807, 2.05) is 0 Å². The topological polar surface area (TPSA) is 86.1 Å². The van der Waals surface area contributed by atoms with Gasteiger partial charge in [0, 0.05) is 11.4 Å². The normalized spacial score (nSPS) is 14.8. The molecule has 0 bridgehead atoms. The van der Waals surface area contributed by atoms with Gasteiger partial charge in [0.25, 0.3) is 5.91 Å². The van der Waals surface area contributed by atoms with Gasteiger partial charge in [0.2, 0.25) is 0 Å². The highest BCUT2D eigenvalue weighted by Gasteiger charge is 2.19. The van der Waals surface area contributed by atoms with Crippen molar-refractivity contribution in [1.82, 2.24) is 14.8 Å². The molecular weight excluding hydrogens is 356 g/mol. The van der Waals surface area contributed by atoms with Crippen LogP contribution in [0.3, 0.4) is 0 Å². The monoisotopic (exact) mass is 376 g/mol. The molecular formula is C18H21ClN4O3. The van der Waals surface area contributed by atoms with Gasteiger partial charge in [-0.25, -0.2) is 9.67 Å². The molecule has 0 atom stereocenters. The number of hydrogen-bond donors (Lipinski definition) is 1. The van der Waals surface area contributed by atoms with Gasteiger partial charge >= 0.3 is 5.97 Å². The Bertz CT molecular complexity index is 758. The Morgan fingerprint density at radius 2 is 2.08 bits per heavy atom. The molecule has 1 N–H and O–H groups in total. The Balaban J connectivity index is 1.55. The SMILES string of the molecule is O=C(COC(=O)CC1CCCCC1)Nc1cc(Cl)ccc1-n1cncn1. The number of nitrogens with one attached hydrogen (secondary N) is 1. The number of halogens is 1. The molecule has 0 spiro atoms. The minimum atomic E-state index is -0.425. The molecule has 8 heteroatoms. The number of anilines is 1. The van der Waals surface area contributed by atoms with E-state index in [2.05, 4.69) is 15.4 Å². The Labute approximate surface area is 156 Å². The van der Waals surface area contributed by atoms with Crippen molar-refractivity contribution in [2.75, 3.05) is 11.9 Å². The number of esters is 1. The smallest absolute Gasteiger partial charge is 0.306 e. The summed E-state index contributed by atoms with van der Waals surface area (Å²) in [6.45, 7) is -0.325. The van der Waals surface area contributed by atoms with E-state index in [1.54, 1.807) is 18.2 Å². The van der Waals surface area contributed by atoms with Gasteiger partial charge < -0.3 is 10.1 Å². The first-order valence-electron chi connectivity index (χ1n) is 8.72. The average Bonchev–Trinajstić information content (AvgIpc) is 3.15. The van der Waals surface area contributed by atoms with Crippen molar-refractivity contribution in [2.24, 2.45) is 5.92 Å². The quantitative estimate of drug-likeness (QED) is 0.781. The Hall–Kier alpha value is -2.41. The van der Waals surface area contributed by atoms with Crippen LogP contribution in [-0.2, 0) is 14.3 Å². The molecule has 3 rings (SSSR count). The summed E-state index contributed by atoms with van der Waals surface area (Å²) in [5.41, 5.74) is 1.09. The number of ether oxygens (including phenoxy) is 1. The second-order valence-corrected chi connectivity index (χ2v) is 6.85. The van der Waals surface area contributed by atoms with Crippen LogP contribution in [0.2, 0.25) is 5.02 Å². The lowest BCUT2D eigenvalue weighted by atomic mass is 9.87. The maximum atomic E-state index is 12.2. The van der Waals surface area contributed by atoms with E-state index in [-0.39, 0.29) is 12.6 Å². The van der Waals surface area contributed by atoms with E-state index in [4.69, 9.17) is 16.3 Å². The maximum absolute atomic E-state index is 12.2. The number of hydrogen-bond acceptors (Lipinski definition) is 5. The highest BCUT2D eigenvalue weighted by Crippen LogP contribution is 2.26. The first kappa shape index (κ1) is 18.4. The summed E-state index contributed by atoms with van der Waals surface area (Å²) in [6, 6.07) is 5.03. The average molecular weight is 377 g/mol. The number of amides is 1. The minimum Gasteiger partial charge on any atom is -0.456 e. The van der Waals surface area contributed by atoms with E-state index < -0.39 is 5.91 Å². The number of carbonyl (C=O) groups is 2. The summed E-state index contributed by atoms with van der Waals surface area (Å²) in [7, 11) is 0. The van der Waals surface area contributed by atoms with Crippen LogP contribution in [0.4, 0.5) is 5.69 Å². The van der Waals surface area contributed by atoms with E-state index in [0.29, 0.717) is 28.7 Å². The van der Waals surface area contributed by atoms with E-state index in [9.17, 15) is 9.59 Å². The van der Waals surface area contributed by atoms with E-state index >= 15 is 0 Å².